The largest absolute Gasteiger partial charge is 0.418 e. The molecular weight excluding hydrogens is 382 g/mol. The Labute approximate surface area is 151 Å². The topological polar surface area (TPSA) is 29.1 Å². The summed E-state index contributed by atoms with van der Waals surface area (Å²) in [5.74, 6) is -0.0368. The lowest BCUT2D eigenvalue weighted by molar-refractivity contribution is -0.137. The first-order chi connectivity index (χ1) is 11.3. The van der Waals surface area contributed by atoms with E-state index in [1.165, 1.54) is 17.8 Å². The summed E-state index contributed by atoms with van der Waals surface area (Å²) in [7, 11) is 0. The Morgan fingerprint density at radius 1 is 1.12 bits per heavy atom. The van der Waals surface area contributed by atoms with Gasteiger partial charge in [0.05, 0.1) is 17.0 Å². The highest BCUT2D eigenvalue weighted by molar-refractivity contribution is 7.99. The minimum atomic E-state index is -4.60. The molecule has 2 aromatic rings. The Morgan fingerprint density at radius 2 is 1.83 bits per heavy atom. The predicted molar refractivity (Wildman–Crippen MR) is 92.7 cm³/mol. The number of nitrogens with one attached hydrogen (secondary N) is 1. The van der Waals surface area contributed by atoms with Gasteiger partial charge in [-0.05, 0) is 29.8 Å². The molecule has 0 fully saturated rings. The van der Waals surface area contributed by atoms with Gasteiger partial charge >= 0.3 is 6.18 Å². The first-order valence-electron chi connectivity index (χ1n) is 6.75. The van der Waals surface area contributed by atoms with Crippen LogP contribution in [0.3, 0.4) is 0 Å². The highest BCUT2D eigenvalue weighted by atomic mass is 35.5. The molecule has 0 atom stereocenters. The molecule has 24 heavy (non-hydrogen) atoms. The minimum absolute atomic E-state index is 0.00511. The van der Waals surface area contributed by atoms with Crippen LogP contribution < -0.4 is 5.32 Å². The average Bonchev–Trinajstić information content (AvgIpc) is 2.50. The van der Waals surface area contributed by atoms with Crippen LogP contribution >= 0.6 is 35.0 Å². The first kappa shape index (κ1) is 19.0. The normalized spacial score (nSPS) is 11.4. The standard InChI is InChI=1S/C16H12Cl2F3NOS/c17-11-5-6-14(12(7-11)16(19,20)21)22-15(23)9-24-8-10-3-1-2-4-13(10)18/h1-7H,8-9H2,(H,22,23). The Kier molecular flexibility index (Phi) is 6.43. The van der Waals surface area contributed by atoms with Gasteiger partial charge in [-0.25, -0.2) is 0 Å². The summed E-state index contributed by atoms with van der Waals surface area (Å²) in [5, 5.41) is 2.81. The molecule has 0 aliphatic rings. The van der Waals surface area contributed by atoms with Crippen molar-refractivity contribution in [1.29, 1.82) is 0 Å². The zero-order valence-corrected chi connectivity index (χ0v) is 14.5. The fourth-order valence-electron chi connectivity index (χ4n) is 1.92. The molecule has 1 N–H and O–H groups in total. The maximum Gasteiger partial charge on any atom is 0.418 e. The third kappa shape index (κ3) is 5.33. The van der Waals surface area contributed by atoms with E-state index in [4.69, 9.17) is 23.2 Å². The molecule has 0 heterocycles. The number of amides is 1. The van der Waals surface area contributed by atoms with Gasteiger partial charge in [-0.2, -0.15) is 13.2 Å². The van der Waals surface area contributed by atoms with Gasteiger partial charge in [0, 0.05) is 15.8 Å². The molecule has 0 saturated heterocycles. The number of rotatable bonds is 5. The van der Waals surface area contributed by atoms with E-state index in [9.17, 15) is 18.0 Å². The number of alkyl halides is 3. The third-order valence-electron chi connectivity index (χ3n) is 3.01. The van der Waals surface area contributed by atoms with Crippen LogP contribution in [0.2, 0.25) is 10.0 Å². The molecular formula is C16H12Cl2F3NOS. The third-order valence-corrected chi connectivity index (χ3v) is 4.59. The van der Waals surface area contributed by atoms with Crippen LogP contribution in [0.25, 0.3) is 0 Å². The number of hydrogen-bond acceptors (Lipinski definition) is 2. The van der Waals surface area contributed by atoms with Crippen LogP contribution in [0.15, 0.2) is 42.5 Å². The smallest absolute Gasteiger partial charge is 0.325 e. The van der Waals surface area contributed by atoms with E-state index in [-0.39, 0.29) is 16.5 Å². The summed E-state index contributed by atoms with van der Waals surface area (Å²) in [5.41, 5.74) is -0.422. The second-order valence-corrected chi connectivity index (χ2v) is 6.65. The van der Waals surface area contributed by atoms with E-state index >= 15 is 0 Å². The summed E-state index contributed by atoms with van der Waals surface area (Å²) in [6.45, 7) is 0. The van der Waals surface area contributed by atoms with Crippen molar-refractivity contribution in [2.45, 2.75) is 11.9 Å². The number of carbonyl (C=O) groups is 1. The van der Waals surface area contributed by atoms with E-state index in [0.717, 1.165) is 17.7 Å². The van der Waals surface area contributed by atoms with Crippen molar-refractivity contribution in [2.75, 3.05) is 11.1 Å². The van der Waals surface area contributed by atoms with Crippen molar-refractivity contribution >= 4 is 46.6 Å². The maximum atomic E-state index is 13.0. The highest BCUT2D eigenvalue weighted by Gasteiger charge is 2.34. The van der Waals surface area contributed by atoms with Crippen LogP contribution in [-0.4, -0.2) is 11.7 Å². The summed E-state index contributed by atoms with van der Waals surface area (Å²) in [6.07, 6.45) is -4.60. The Hall–Kier alpha value is -1.37. The van der Waals surface area contributed by atoms with Crippen molar-refractivity contribution in [3.05, 3.63) is 63.6 Å². The van der Waals surface area contributed by atoms with Gasteiger partial charge in [-0.3, -0.25) is 4.79 Å². The summed E-state index contributed by atoms with van der Waals surface area (Å²) in [6, 6.07) is 10.4. The fourth-order valence-corrected chi connectivity index (χ4v) is 3.20. The van der Waals surface area contributed by atoms with Gasteiger partial charge in [0.2, 0.25) is 5.91 Å². The van der Waals surface area contributed by atoms with Gasteiger partial charge in [-0.1, -0.05) is 41.4 Å². The molecule has 128 valence electrons. The molecule has 8 heteroatoms. The van der Waals surface area contributed by atoms with Crippen molar-refractivity contribution < 1.29 is 18.0 Å². The SMILES string of the molecule is O=C(CSCc1ccccc1Cl)Nc1ccc(Cl)cc1C(F)(F)F. The van der Waals surface area contributed by atoms with Crippen molar-refractivity contribution in [2.24, 2.45) is 0 Å². The van der Waals surface area contributed by atoms with Crippen LogP contribution in [0.1, 0.15) is 11.1 Å². The lowest BCUT2D eigenvalue weighted by Gasteiger charge is -2.14. The molecule has 0 spiro atoms. The predicted octanol–water partition coefficient (Wildman–Crippen LogP) is 5.88. The number of halogens is 5. The summed E-state index contributed by atoms with van der Waals surface area (Å²) in [4.78, 5) is 11.9. The minimum Gasteiger partial charge on any atom is -0.325 e. The van der Waals surface area contributed by atoms with Crippen LogP contribution in [0, 0.1) is 0 Å². The Bertz CT molecular complexity index is 738. The monoisotopic (exact) mass is 393 g/mol. The fraction of sp³-hybridized carbons (Fsp3) is 0.188. The molecule has 1 amide bonds. The van der Waals surface area contributed by atoms with E-state index in [2.05, 4.69) is 5.32 Å². The lowest BCUT2D eigenvalue weighted by atomic mass is 10.1. The second kappa shape index (κ2) is 8.14. The number of hydrogen-bond donors (Lipinski definition) is 1. The molecule has 0 aliphatic heterocycles. The highest BCUT2D eigenvalue weighted by Crippen LogP contribution is 2.36. The summed E-state index contributed by atoms with van der Waals surface area (Å²) >= 11 is 12.9. The van der Waals surface area contributed by atoms with Gasteiger partial charge in [0.25, 0.3) is 0 Å². The van der Waals surface area contributed by atoms with Gasteiger partial charge in [0.15, 0.2) is 0 Å². The Balaban J connectivity index is 1.97. The maximum absolute atomic E-state index is 13.0. The molecule has 0 bridgehead atoms. The molecule has 2 aromatic carbocycles. The van der Waals surface area contributed by atoms with Crippen LogP contribution in [0.5, 0.6) is 0 Å². The molecule has 0 saturated carbocycles. The van der Waals surface area contributed by atoms with Crippen LogP contribution in [0.4, 0.5) is 18.9 Å². The van der Waals surface area contributed by atoms with Gasteiger partial charge in [-0.15, -0.1) is 11.8 Å². The number of anilines is 1. The van der Waals surface area contributed by atoms with Crippen molar-refractivity contribution in [1.82, 2.24) is 0 Å². The Morgan fingerprint density at radius 3 is 2.50 bits per heavy atom. The van der Waals surface area contributed by atoms with E-state index in [0.29, 0.717) is 10.8 Å². The average molecular weight is 394 g/mol. The lowest BCUT2D eigenvalue weighted by Crippen LogP contribution is -2.18. The van der Waals surface area contributed by atoms with Crippen LogP contribution in [-0.2, 0) is 16.7 Å². The van der Waals surface area contributed by atoms with Gasteiger partial charge < -0.3 is 5.32 Å². The second-order valence-electron chi connectivity index (χ2n) is 4.82. The molecule has 0 aliphatic carbocycles. The van der Waals surface area contributed by atoms with Crippen molar-refractivity contribution in [3.8, 4) is 0 Å². The van der Waals surface area contributed by atoms with Gasteiger partial charge in [0.1, 0.15) is 0 Å². The van der Waals surface area contributed by atoms with E-state index in [1.54, 1.807) is 12.1 Å². The summed E-state index contributed by atoms with van der Waals surface area (Å²) < 4.78 is 38.9. The van der Waals surface area contributed by atoms with E-state index in [1.807, 2.05) is 12.1 Å². The number of carbonyl (C=O) groups excluding carboxylic acids is 1. The first-order valence-corrected chi connectivity index (χ1v) is 8.66. The molecule has 0 unspecified atom stereocenters. The zero-order chi connectivity index (χ0) is 17.7. The molecule has 2 nitrogen and oxygen atoms in total. The molecule has 2 rings (SSSR count). The van der Waals surface area contributed by atoms with E-state index < -0.39 is 17.6 Å². The number of thioether (sulfide) groups is 1. The zero-order valence-electron chi connectivity index (χ0n) is 12.2. The molecule has 0 aromatic heterocycles. The quantitative estimate of drug-likeness (QED) is 0.686. The molecule has 0 radical (unpaired) electrons. The van der Waals surface area contributed by atoms with Crippen molar-refractivity contribution in [3.63, 3.8) is 0 Å². The number of benzene rings is 2.